The predicted octanol–water partition coefficient (Wildman–Crippen LogP) is 4.54. The van der Waals surface area contributed by atoms with E-state index in [2.05, 4.69) is 0 Å². The molecule has 0 bridgehead atoms. The smallest absolute Gasteiger partial charge is 0.0273 e. The summed E-state index contributed by atoms with van der Waals surface area (Å²) >= 11 is 0. The van der Waals surface area contributed by atoms with Crippen molar-refractivity contribution in [2.24, 2.45) is 5.92 Å². The minimum atomic E-state index is -1.51. The Kier molecular flexibility index (Phi) is 2.24. The molecule has 1 aromatic carbocycles. The summed E-state index contributed by atoms with van der Waals surface area (Å²) in [5.41, 5.74) is 1.04. The van der Waals surface area contributed by atoms with Gasteiger partial charge in [-0.05, 0) is 49.9 Å². The van der Waals surface area contributed by atoms with E-state index in [1.54, 1.807) is 12.2 Å². The highest BCUT2D eigenvalue weighted by molar-refractivity contribution is 5.20. The van der Waals surface area contributed by atoms with Gasteiger partial charge in [-0.1, -0.05) is 42.5 Å². The first-order valence-corrected chi connectivity index (χ1v) is 5.54. The molecule has 0 spiro atoms. The molecular weight excluding hydrogens is 180 g/mol. The molecule has 2 rings (SSSR count). The first kappa shape index (κ1) is 6.52. The van der Waals surface area contributed by atoms with Gasteiger partial charge in [-0.25, -0.2) is 0 Å². The molecule has 0 radical (unpaired) electrons. The molecule has 0 atom stereocenters. The Labute approximate surface area is 98.6 Å². The second-order valence-corrected chi connectivity index (χ2v) is 3.93. The molecule has 0 saturated heterocycles. The molecule has 1 saturated carbocycles. The Morgan fingerprint density at radius 2 is 1.87 bits per heavy atom. The van der Waals surface area contributed by atoms with Crippen molar-refractivity contribution in [1.82, 2.24) is 0 Å². The second-order valence-electron chi connectivity index (χ2n) is 3.93. The Hall–Kier alpha value is -1.04. The molecule has 0 N–H and O–H groups in total. The van der Waals surface area contributed by atoms with Gasteiger partial charge in [0.2, 0.25) is 0 Å². The van der Waals surface area contributed by atoms with Crippen LogP contribution in [0.1, 0.15) is 49.5 Å². The zero-order valence-electron chi connectivity index (χ0n) is 13.1. The highest BCUT2D eigenvalue weighted by atomic mass is 14.2. The molecule has 0 heterocycles. The zero-order valence-corrected chi connectivity index (χ0v) is 9.11. The van der Waals surface area contributed by atoms with Crippen molar-refractivity contribution in [3.63, 3.8) is 0 Å². The van der Waals surface area contributed by atoms with E-state index in [4.69, 9.17) is 5.48 Å². The van der Waals surface area contributed by atoms with Gasteiger partial charge in [0.15, 0.2) is 0 Å². The van der Waals surface area contributed by atoms with Crippen LogP contribution in [0.15, 0.2) is 42.5 Å². The Morgan fingerprint density at radius 3 is 2.47 bits per heavy atom. The molecule has 0 unspecified atom stereocenters. The normalized spacial score (nSPS) is 37.7. The Morgan fingerprint density at radius 1 is 1.20 bits per heavy atom. The molecule has 0 amide bonds. The van der Waals surface area contributed by atoms with Gasteiger partial charge in [0.25, 0.3) is 0 Å². The van der Waals surface area contributed by atoms with Gasteiger partial charge in [0.05, 0.1) is 0 Å². The molecule has 0 aliphatic heterocycles. The largest absolute Gasteiger partial charge is 0.0914 e. The molecule has 1 aliphatic carbocycles. The van der Waals surface area contributed by atoms with Gasteiger partial charge in [0.1, 0.15) is 0 Å². The monoisotopic (exact) mass is 204 g/mol. The van der Waals surface area contributed by atoms with Gasteiger partial charge < -0.3 is 0 Å². The summed E-state index contributed by atoms with van der Waals surface area (Å²) in [6.45, 7) is 1.81. The molecule has 1 fully saturated rings. The molecular formula is C15H20. The van der Waals surface area contributed by atoms with Crippen molar-refractivity contribution in [2.45, 2.75) is 38.4 Å². The van der Waals surface area contributed by atoms with E-state index in [1.807, 2.05) is 37.3 Å². The third kappa shape index (κ3) is 2.71. The highest BCUT2D eigenvalue weighted by Gasteiger charge is 2.20. The van der Waals surface area contributed by atoms with Gasteiger partial charge >= 0.3 is 0 Å². The summed E-state index contributed by atoms with van der Waals surface area (Å²) in [6, 6.07) is 9.72. The standard InChI is InChI=1S/C15H20/c1-2-6-13-9-11-15(12-10-13)14-7-4-3-5-8-14/h2-8,13,15H,9-12H2,1H3/b6-2+/t13-,15+/i9D2,10D2. The van der Waals surface area contributed by atoms with Crippen LogP contribution in [0.25, 0.3) is 0 Å². The molecule has 80 valence electrons. The Balaban J connectivity index is 2.31. The van der Waals surface area contributed by atoms with Crippen molar-refractivity contribution in [3.05, 3.63) is 48.0 Å². The van der Waals surface area contributed by atoms with E-state index in [1.165, 1.54) is 0 Å². The van der Waals surface area contributed by atoms with Crippen molar-refractivity contribution < 1.29 is 5.48 Å². The first-order chi connectivity index (χ1) is 8.87. The number of rotatable bonds is 2. The van der Waals surface area contributed by atoms with Crippen LogP contribution in [0.5, 0.6) is 0 Å². The van der Waals surface area contributed by atoms with Crippen LogP contribution in [0.3, 0.4) is 0 Å². The lowest BCUT2D eigenvalue weighted by Gasteiger charge is -2.27. The van der Waals surface area contributed by atoms with Gasteiger partial charge in [-0.3, -0.25) is 0 Å². The third-order valence-corrected chi connectivity index (χ3v) is 2.82. The van der Waals surface area contributed by atoms with Crippen LogP contribution in [0.4, 0.5) is 0 Å². The van der Waals surface area contributed by atoms with Gasteiger partial charge in [-0.15, -0.1) is 0 Å². The molecule has 1 aromatic rings. The molecule has 1 aliphatic rings. The fraction of sp³-hybridized carbons (Fsp3) is 0.467. The van der Waals surface area contributed by atoms with Crippen LogP contribution in [-0.2, 0) is 0 Å². The van der Waals surface area contributed by atoms with Crippen molar-refractivity contribution in [3.8, 4) is 0 Å². The van der Waals surface area contributed by atoms with Crippen molar-refractivity contribution in [1.29, 1.82) is 0 Å². The van der Waals surface area contributed by atoms with E-state index >= 15 is 0 Å². The second kappa shape index (κ2) is 5.16. The van der Waals surface area contributed by atoms with Gasteiger partial charge in [-0.2, -0.15) is 0 Å². The number of benzene rings is 1. The summed E-state index contributed by atoms with van der Waals surface area (Å²) in [6.07, 6.45) is 1.19. The summed E-state index contributed by atoms with van der Waals surface area (Å²) in [7, 11) is 0. The third-order valence-electron chi connectivity index (χ3n) is 2.82. The molecule has 15 heavy (non-hydrogen) atoms. The first-order valence-electron chi connectivity index (χ1n) is 7.54. The lowest BCUT2D eigenvalue weighted by Crippen LogP contribution is -2.11. The van der Waals surface area contributed by atoms with Crippen LogP contribution in [0.2, 0.25) is 0 Å². The minimum Gasteiger partial charge on any atom is -0.0914 e. The molecule has 0 nitrogen and oxygen atoms in total. The molecule has 0 aromatic heterocycles. The van der Waals surface area contributed by atoms with Crippen molar-refractivity contribution >= 4 is 0 Å². The average molecular weight is 204 g/mol. The van der Waals surface area contributed by atoms with Crippen LogP contribution >= 0.6 is 0 Å². The zero-order chi connectivity index (χ0) is 14.1. The van der Waals surface area contributed by atoms with Crippen LogP contribution in [-0.4, -0.2) is 0 Å². The summed E-state index contributed by atoms with van der Waals surface area (Å²) < 4.78 is 32.8. The maximum Gasteiger partial charge on any atom is 0.0273 e. The van der Waals surface area contributed by atoms with E-state index in [0.29, 0.717) is 12.8 Å². The van der Waals surface area contributed by atoms with Crippen LogP contribution in [0, 0.1) is 5.92 Å². The maximum absolute atomic E-state index is 8.20. The Bertz CT molecular complexity index is 432. The predicted molar refractivity (Wildman–Crippen MR) is 66.0 cm³/mol. The average Bonchev–Trinajstić information content (AvgIpc) is 2.34. The van der Waals surface area contributed by atoms with E-state index in [9.17, 15) is 0 Å². The summed E-state index contributed by atoms with van der Waals surface area (Å²) in [5.74, 6) is -0.710. The summed E-state index contributed by atoms with van der Waals surface area (Å²) in [4.78, 5) is 0. The van der Waals surface area contributed by atoms with E-state index in [-0.39, 0.29) is 5.92 Å². The lowest BCUT2D eigenvalue weighted by atomic mass is 9.79. The SMILES string of the molecule is [2H]C1([2H])C[C@H](c2ccccc2)CC([2H])([2H])[C@@H]1/C=C/C. The highest BCUT2D eigenvalue weighted by Crippen LogP contribution is 2.35. The van der Waals surface area contributed by atoms with Crippen LogP contribution < -0.4 is 0 Å². The maximum atomic E-state index is 8.20. The molecule has 0 heteroatoms. The van der Waals surface area contributed by atoms with Crippen molar-refractivity contribution in [2.75, 3.05) is 0 Å². The fourth-order valence-electron chi connectivity index (χ4n) is 1.97. The number of allylic oxidation sites excluding steroid dienone is 2. The number of hydrogen-bond acceptors (Lipinski definition) is 0. The quantitative estimate of drug-likeness (QED) is 0.621. The van der Waals surface area contributed by atoms with Gasteiger partial charge in [0, 0.05) is 5.48 Å². The fourth-order valence-corrected chi connectivity index (χ4v) is 1.97. The minimum absolute atomic E-state index is 0.0484. The van der Waals surface area contributed by atoms with E-state index < -0.39 is 18.7 Å². The summed E-state index contributed by atoms with van der Waals surface area (Å²) in [5, 5.41) is 0. The number of hydrogen-bond donors (Lipinski definition) is 0. The van der Waals surface area contributed by atoms with E-state index in [0.717, 1.165) is 5.56 Å². The lowest BCUT2D eigenvalue weighted by molar-refractivity contribution is 0.375. The topological polar surface area (TPSA) is 0 Å².